The van der Waals surface area contributed by atoms with E-state index in [-0.39, 0.29) is 0 Å². The van der Waals surface area contributed by atoms with E-state index in [1.807, 2.05) is 35.6 Å². The van der Waals surface area contributed by atoms with Gasteiger partial charge in [0.15, 0.2) is 5.58 Å². The molecule has 12 aromatic rings. The molecule has 0 radical (unpaired) electrons. The van der Waals surface area contributed by atoms with Crippen LogP contribution in [0.3, 0.4) is 0 Å². The first-order valence-corrected chi connectivity index (χ1v) is 20.1. The smallest absolute Gasteiger partial charge is 0.227 e. The molecule has 10 aromatic carbocycles. The summed E-state index contributed by atoms with van der Waals surface area (Å²) in [5.41, 5.74) is 8.36. The van der Waals surface area contributed by atoms with Crippen molar-refractivity contribution in [1.29, 1.82) is 0 Å². The van der Waals surface area contributed by atoms with Gasteiger partial charge in [-0.05, 0) is 109 Å². The minimum absolute atomic E-state index is 0.636. The van der Waals surface area contributed by atoms with Gasteiger partial charge in [0.25, 0.3) is 0 Å². The Kier molecular flexibility index (Phi) is 7.10. The van der Waals surface area contributed by atoms with Crippen molar-refractivity contribution in [2.75, 3.05) is 4.90 Å². The van der Waals surface area contributed by atoms with E-state index in [1.165, 1.54) is 74.4 Å². The van der Waals surface area contributed by atoms with Crippen molar-refractivity contribution in [3.8, 4) is 22.6 Å². The first-order chi connectivity index (χ1) is 28.2. The number of fused-ring (bicyclic) bond motifs is 12. The number of thiophene rings is 1. The molecule has 0 bridgehead atoms. The van der Waals surface area contributed by atoms with Gasteiger partial charge in [-0.3, -0.25) is 0 Å². The van der Waals surface area contributed by atoms with E-state index in [2.05, 4.69) is 175 Å². The van der Waals surface area contributed by atoms with Crippen LogP contribution in [-0.2, 0) is 0 Å². The van der Waals surface area contributed by atoms with Gasteiger partial charge in [-0.25, -0.2) is 4.98 Å². The summed E-state index contributed by atoms with van der Waals surface area (Å²) in [6.45, 7) is 0. The summed E-state index contributed by atoms with van der Waals surface area (Å²) in [6.07, 6.45) is 0. The third kappa shape index (κ3) is 5.08. The average molecular weight is 745 g/mol. The van der Waals surface area contributed by atoms with Crippen molar-refractivity contribution in [2.24, 2.45) is 0 Å². The first kappa shape index (κ1) is 32.0. The zero-order chi connectivity index (χ0) is 37.5. The highest BCUT2D eigenvalue weighted by Crippen LogP contribution is 2.49. The van der Waals surface area contributed by atoms with Crippen LogP contribution in [0.1, 0.15) is 0 Å². The second kappa shape index (κ2) is 12.6. The highest BCUT2D eigenvalue weighted by Gasteiger charge is 2.23. The molecule has 2 heterocycles. The first-order valence-electron chi connectivity index (χ1n) is 19.3. The van der Waals surface area contributed by atoms with Crippen LogP contribution >= 0.6 is 11.3 Å². The van der Waals surface area contributed by atoms with Crippen LogP contribution in [0.15, 0.2) is 199 Å². The van der Waals surface area contributed by atoms with Gasteiger partial charge in [-0.15, -0.1) is 11.3 Å². The van der Waals surface area contributed by atoms with Crippen LogP contribution in [-0.4, -0.2) is 4.98 Å². The van der Waals surface area contributed by atoms with Gasteiger partial charge < -0.3 is 9.32 Å². The van der Waals surface area contributed by atoms with Crippen LogP contribution in [0.5, 0.6) is 0 Å². The summed E-state index contributed by atoms with van der Waals surface area (Å²) < 4.78 is 8.70. The fourth-order valence-electron chi connectivity index (χ4n) is 8.79. The summed E-state index contributed by atoms with van der Waals surface area (Å²) in [5.74, 6) is 0.636. The lowest BCUT2D eigenvalue weighted by Gasteiger charge is -2.28. The molecule has 0 N–H and O–H groups in total. The van der Waals surface area contributed by atoms with Gasteiger partial charge in [0.05, 0.1) is 5.69 Å². The van der Waals surface area contributed by atoms with Gasteiger partial charge in [0.1, 0.15) is 5.52 Å². The highest BCUT2D eigenvalue weighted by molar-refractivity contribution is 7.26. The van der Waals surface area contributed by atoms with E-state index in [0.717, 1.165) is 33.7 Å². The fourth-order valence-corrected chi connectivity index (χ4v) is 10.1. The molecule has 0 saturated carbocycles. The third-order valence-electron chi connectivity index (χ3n) is 11.4. The largest absolute Gasteiger partial charge is 0.436 e. The van der Waals surface area contributed by atoms with E-state index in [0.29, 0.717) is 5.89 Å². The fraction of sp³-hybridized carbons (Fsp3) is 0. The Balaban J connectivity index is 1.14. The second-order valence-corrected chi connectivity index (χ2v) is 15.7. The van der Waals surface area contributed by atoms with E-state index in [1.54, 1.807) is 0 Å². The number of aromatic nitrogens is 1. The molecule has 0 unspecified atom stereocenters. The Morgan fingerprint density at radius 2 is 1.00 bits per heavy atom. The number of oxazole rings is 1. The monoisotopic (exact) mass is 744 g/mol. The van der Waals surface area contributed by atoms with Crippen LogP contribution in [0, 0.1) is 0 Å². The molecule has 0 fully saturated rings. The molecule has 4 heteroatoms. The van der Waals surface area contributed by atoms with E-state index in [9.17, 15) is 0 Å². The van der Waals surface area contributed by atoms with Gasteiger partial charge in [0.2, 0.25) is 5.89 Å². The number of hydrogen-bond donors (Lipinski definition) is 0. The lowest BCUT2D eigenvalue weighted by atomic mass is 9.93. The second-order valence-electron chi connectivity index (χ2n) is 14.7. The number of rotatable bonds is 5. The SMILES string of the molecule is c1ccc(-c2ccc(N(c3ccc4c5ccccc5c5ccccc5c4c3)c3cc4ccccc4c4sc5cc(-c6nc7ccccc7o6)ccc5c34)cc2)cc1. The van der Waals surface area contributed by atoms with Crippen LogP contribution in [0.25, 0.3) is 96.9 Å². The standard InChI is InChI=1S/C53H32N2OS/c1-2-12-33(13-3-1)34-22-25-37(26-23-34)55(38-27-29-44-42-18-7-6-16-40(42)41-17-8-9-19-43(41)46(44)32-38)48-30-35-14-4-5-15-39(35)52-51(48)45-28-24-36(31-50(45)57-52)53-54-47-20-10-11-21-49(47)56-53/h1-32H. The van der Waals surface area contributed by atoms with Gasteiger partial charge in [-0.2, -0.15) is 0 Å². The molecule has 12 rings (SSSR count). The summed E-state index contributed by atoms with van der Waals surface area (Å²) in [5, 5.41) is 12.4. The Hall–Kier alpha value is -7.27. The molecule has 2 aromatic heterocycles. The molecule has 0 aliphatic heterocycles. The van der Waals surface area contributed by atoms with Gasteiger partial charge in [-0.1, -0.05) is 140 Å². The molecule has 57 heavy (non-hydrogen) atoms. The van der Waals surface area contributed by atoms with Crippen molar-refractivity contribution in [3.63, 3.8) is 0 Å². The van der Waals surface area contributed by atoms with Gasteiger partial charge >= 0.3 is 0 Å². The normalized spacial score (nSPS) is 11.9. The molecule has 3 nitrogen and oxygen atoms in total. The zero-order valence-electron chi connectivity index (χ0n) is 30.7. The van der Waals surface area contributed by atoms with E-state index in [4.69, 9.17) is 9.40 Å². The minimum Gasteiger partial charge on any atom is -0.436 e. The summed E-state index contributed by atoms with van der Waals surface area (Å²) >= 11 is 1.84. The quantitative estimate of drug-likeness (QED) is 0.164. The van der Waals surface area contributed by atoms with Crippen molar-refractivity contribution in [1.82, 2.24) is 4.98 Å². The van der Waals surface area contributed by atoms with E-state index < -0.39 is 0 Å². The maximum atomic E-state index is 6.24. The predicted molar refractivity (Wildman–Crippen MR) is 242 cm³/mol. The summed E-state index contributed by atoms with van der Waals surface area (Å²) in [7, 11) is 0. The molecule has 0 aliphatic rings. The maximum absolute atomic E-state index is 6.24. The molecule has 266 valence electrons. The zero-order valence-corrected chi connectivity index (χ0v) is 31.5. The number of nitrogens with zero attached hydrogens (tertiary/aromatic N) is 2. The Morgan fingerprint density at radius 1 is 0.421 bits per heavy atom. The third-order valence-corrected chi connectivity index (χ3v) is 12.6. The number of anilines is 3. The number of hydrogen-bond acceptors (Lipinski definition) is 4. The molecule has 0 spiro atoms. The van der Waals surface area contributed by atoms with Crippen molar-refractivity contribution < 1.29 is 4.42 Å². The van der Waals surface area contributed by atoms with Crippen LogP contribution < -0.4 is 4.90 Å². The predicted octanol–water partition coefficient (Wildman–Crippen LogP) is 15.6. The molecular formula is C53H32N2OS. The maximum Gasteiger partial charge on any atom is 0.227 e. The molecule has 0 amide bonds. The van der Waals surface area contributed by atoms with Crippen molar-refractivity contribution in [3.05, 3.63) is 194 Å². The topological polar surface area (TPSA) is 29.3 Å². The lowest BCUT2D eigenvalue weighted by molar-refractivity contribution is 0.620. The lowest BCUT2D eigenvalue weighted by Crippen LogP contribution is -2.10. The highest BCUT2D eigenvalue weighted by atomic mass is 32.1. The number of para-hydroxylation sites is 2. The molecule has 0 aliphatic carbocycles. The molecular weight excluding hydrogens is 713 g/mol. The van der Waals surface area contributed by atoms with Crippen molar-refractivity contribution >= 4 is 103 Å². The Morgan fingerprint density at radius 3 is 1.75 bits per heavy atom. The van der Waals surface area contributed by atoms with Gasteiger partial charge in [0, 0.05) is 37.1 Å². The van der Waals surface area contributed by atoms with E-state index >= 15 is 0 Å². The Labute approximate surface area is 332 Å². The number of benzene rings is 10. The Bertz CT molecular complexity index is 3460. The minimum atomic E-state index is 0.636. The molecule has 0 saturated heterocycles. The van der Waals surface area contributed by atoms with Crippen LogP contribution in [0.4, 0.5) is 17.1 Å². The molecule has 0 atom stereocenters. The van der Waals surface area contributed by atoms with Crippen molar-refractivity contribution in [2.45, 2.75) is 0 Å². The van der Waals surface area contributed by atoms with Crippen LogP contribution in [0.2, 0.25) is 0 Å². The average Bonchev–Trinajstić information content (AvgIpc) is 3.90. The summed E-state index contributed by atoms with van der Waals surface area (Å²) in [4.78, 5) is 7.31. The summed E-state index contributed by atoms with van der Waals surface area (Å²) in [6, 6.07) is 70.1.